The van der Waals surface area contributed by atoms with E-state index in [9.17, 15) is 4.79 Å². The van der Waals surface area contributed by atoms with Crippen LogP contribution in [0.15, 0.2) is 29.4 Å². The summed E-state index contributed by atoms with van der Waals surface area (Å²) >= 11 is 1.56. The predicted octanol–water partition coefficient (Wildman–Crippen LogP) is 3.58. The summed E-state index contributed by atoms with van der Waals surface area (Å²) in [5.74, 6) is 2.00. The monoisotopic (exact) mass is 331 g/mol. The number of rotatable bonds is 5. The van der Waals surface area contributed by atoms with Gasteiger partial charge in [-0.1, -0.05) is 18.2 Å². The summed E-state index contributed by atoms with van der Waals surface area (Å²) in [5, 5.41) is 9.53. The number of hydrogen-bond acceptors (Lipinski definition) is 5. The van der Waals surface area contributed by atoms with Crippen molar-refractivity contribution >= 4 is 17.5 Å². The van der Waals surface area contributed by atoms with Gasteiger partial charge in [-0.2, -0.15) is 0 Å². The Kier molecular flexibility index (Phi) is 5.00. The highest BCUT2D eigenvalue weighted by Crippen LogP contribution is 2.32. The van der Waals surface area contributed by atoms with Crippen molar-refractivity contribution in [2.24, 2.45) is 0 Å². The third kappa shape index (κ3) is 3.42. The third-order valence-corrected chi connectivity index (χ3v) is 5.42. The normalized spacial score (nSPS) is 18.2. The number of methoxy groups -OCH3 is 1. The van der Waals surface area contributed by atoms with Gasteiger partial charge in [-0.25, -0.2) is 0 Å². The highest BCUT2D eigenvalue weighted by molar-refractivity contribution is 8.00. The second-order valence-corrected chi connectivity index (χ2v) is 6.77. The van der Waals surface area contributed by atoms with Gasteiger partial charge >= 0.3 is 0 Å². The lowest BCUT2D eigenvalue weighted by atomic mass is 9.99. The first-order valence-corrected chi connectivity index (χ1v) is 8.88. The number of aromatic nitrogens is 3. The van der Waals surface area contributed by atoms with Crippen LogP contribution in [0, 0.1) is 0 Å². The fourth-order valence-electron chi connectivity index (χ4n) is 2.82. The van der Waals surface area contributed by atoms with E-state index in [1.165, 1.54) is 0 Å². The van der Waals surface area contributed by atoms with E-state index in [0.29, 0.717) is 12.2 Å². The van der Waals surface area contributed by atoms with E-state index in [4.69, 9.17) is 4.74 Å². The largest absolute Gasteiger partial charge is 0.497 e. The molecule has 5 nitrogen and oxygen atoms in total. The molecule has 0 amide bonds. The van der Waals surface area contributed by atoms with Gasteiger partial charge in [-0.3, -0.25) is 4.79 Å². The average molecular weight is 331 g/mol. The van der Waals surface area contributed by atoms with Crippen molar-refractivity contribution in [3.63, 3.8) is 0 Å². The summed E-state index contributed by atoms with van der Waals surface area (Å²) in [6.07, 6.45) is 3.78. The molecule has 2 aromatic rings. The maximum absolute atomic E-state index is 12.1. The fourth-order valence-corrected chi connectivity index (χ4v) is 4.04. The molecule has 0 unspecified atom stereocenters. The van der Waals surface area contributed by atoms with Crippen LogP contribution in [0.1, 0.15) is 32.6 Å². The molecule has 1 aromatic heterocycles. The van der Waals surface area contributed by atoms with Gasteiger partial charge < -0.3 is 9.30 Å². The van der Waals surface area contributed by atoms with Gasteiger partial charge in [-0.05, 0) is 44.0 Å². The van der Waals surface area contributed by atoms with Gasteiger partial charge in [-0.15, -0.1) is 10.2 Å². The molecule has 1 saturated carbocycles. The Hall–Kier alpha value is -1.82. The first kappa shape index (κ1) is 16.1. The van der Waals surface area contributed by atoms with Gasteiger partial charge in [0.15, 0.2) is 11.0 Å². The van der Waals surface area contributed by atoms with E-state index in [-0.39, 0.29) is 5.25 Å². The minimum atomic E-state index is 0.0296. The maximum Gasteiger partial charge on any atom is 0.192 e. The van der Waals surface area contributed by atoms with E-state index in [0.717, 1.165) is 48.1 Å². The van der Waals surface area contributed by atoms with Crippen molar-refractivity contribution in [3.8, 4) is 17.1 Å². The molecule has 1 atom stereocenters. The van der Waals surface area contributed by atoms with E-state index in [2.05, 4.69) is 21.7 Å². The zero-order valence-electron chi connectivity index (χ0n) is 13.5. The van der Waals surface area contributed by atoms with Gasteiger partial charge in [0.05, 0.1) is 12.4 Å². The van der Waals surface area contributed by atoms with Crippen molar-refractivity contribution in [2.75, 3.05) is 7.11 Å². The topological polar surface area (TPSA) is 57.0 Å². The molecule has 3 rings (SSSR count). The van der Waals surface area contributed by atoms with Crippen molar-refractivity contribution in [2.45, 2.75) is 49.6 Å². The molecule has 0 N–H and O–H groups in total. The first-order chi connectivity index (χ1) is 11.2. The number of nitrogens with zero attached hydrogens (tertiary/aromatic N) is 3. The number of hydrogen-bond donors (Lipinski definition) is 0. The highest BCUT2D eigenvalue weighted by atomic mass is 32.2. The maximum atomic E-state index is 12.1. The van der Waals surface area contributed by atoms with Crippen LogP contribution in [0.25, 0.3) is 11.4 Å². The summed E-state index contributed by atoms with van der Waals surface area (Å²) in [7, 11) is 1.65. The quantitative estimate of drug-likeness (QED) is 0.838. The molecule has 1 fully saturated rings. The van der Waals surface area contributed by atoms with Crippen LogP contribution in [0.3, 0.4) is 0 Å². The number of ketones is 1. The summed E-state index contributed by atoms with van der Waals surface area (Å²) in [5.41, 5.74) is 1.00. The zero-order valence-corrected chi connectivity index (χ0v) is 14.3. The van der Waals surface area contributed by atoms with Crippen LogP contribution in [0.5, 0.6) is 5.75 Å². The lowest BCUT2D eigenvalue weighted by Gasteiger charge is -2.19. The van der Waals surface area contributed by atoms with Gasteiger partial charge in [0, 0.05) is 18.5 Å². The fraction of sp³-hybridized carbons (Fsp3) is 0.471. The molecule has 1 heterocycles. The molecule has 0 aliphatic heterocycles. The standard InChI is InChI=1S/C17H21N3O2S/c1-3-20-16(12-8-10-13(22-2)11-9-12)18-19-17(20)23-15-7-5-4-6-14(15)21/h8-11,15H,3-7H2,1-2H3/t15-/m0/s1. The Morgan fingerprint density at radius 3 is 2.70 bits per heavy atom. The van der Waals surface area contributed by atoms with Crippen LogP contribution < -0.4 is 4.74 Å². The number of benzene rings is 1. The summed E-state index contributed by atoms with van der Waals surface area (Å²) in [6, 6.07) is 7.80. The molecule has 0 saturated heterocycles. The Balaban J connectivity index is 1.85. The lowest BCUT2D eigenvalue weighted by Crippen LogP contribution is -2.21. The van der Waals surface area contributed by atoms with Crippen LogP contribution >= 0.6 is 11.8 Å². The first-order valence-electron chi connectivity index (χ1n) is 8.00. The van der Waals surface area contributed by atoms with Crippen molar-refractivity contribution in [1.29, 1.82) is 0 Å². The molecule has 0 spiro atoms. The minimum Gasteiger partial charge on any atom is -0.497 e. The van der Waals surface area contributed by atoms with Crippen LogP contribution in [0.4, 0.5) is 0 Å². The molecule has 0 radical (unpaired) electrons. The molecule has 6 heteroatoms. The summed E-state index contributed by atoms with van der Waals surface area (Å²) < 4.78 is 7.27. The third-order valence-electron chi connectivity index (χ3n) is 4.13. The van der Waals surface area contributed by atoms with E-state index < -0.39 is 0 Å². The second-order valence-electron chi connectivity index (χ2n) is 5.60. The van der Waals surface area contributed by atoms with Crippen molar-refractivity contribution < 1.29 is 9.53 Å². The molecular weight excluding hydrogens is 310 g/mol. The summed E-state index contributed by atoms with van der Waals surface area (Å²) in [6.45, 7) is 2.85. The number of ether oxygens (including phenoxy) is 1. The van der Waals surface area contributed by atoms with E-state index in [1.807, 2.05) is 24.3 Å². The van der Waals surface area contributed by atoms with Crippen LogP contribution in [-0.4, -0.2) is 32.9 Å². The molecule has 23 heavy (non-hydrogen) atoms. The van der Waals surface area contributed by atoms with Crippen molar-refractivity contribution in [1.82, 2.24) is 14.8 Å². The Labute approximate surface area is 140 Å². The number of carbonyl (C=O) groups excluding carboxylic acids is 1. The molecular formula is C17H21N3O2S. The molecule has 1 aliphatic carbocycles. The average Bonchev–Trinajstić information content (AvgIpc) is 2.99. The highest BCUT2D eigenvalue weighted by Gasteiger charge is 2.26. The molecule has 122 valence electrons. The molecule has 1 aromatic carbocycles. The van der Waals surface area contributed by atoms with Crippen LogP contribution in [-0.2, 0) is 11.3 Å². The second kappa shape index (κ2) is 7.17. The Bertz CT molecular complexity index is 682. The van der Waals surface area contributed by atoms with E-state index in [1.54, 1.807) is 18.9 Å². The Morgan fingerprint density at radius 2 is 2.04 bits per heavy atom. The smallest absolute Gasteiger partial charge is 0.192 e. The Morgan fingerprint density at radius 1 is 1.26 bits per heavy atom. The lowest BCUT2D eigenvalue weighted by molar-refractivity contribution is -0.119. The van der Waals surface area contributed by atoms with Gasteiger partial charge in [0.2, 0.25) is 0 Å². The molecule has 1 aliphatic rings. The number of Topliss-reactive ketones (excluding diaryl/α,β-unsaturated/α-hetero) is 1. The van der Waals surface area contributed by atoms with Gasteiger partial charge in [0.25, 0.3) is 0 Å². The predicted molar refractivity (Wildman–Crippen MR) is 90.8 cm³/mol. The number of carbonyl (C=O) groups is 1. The zero-order chi connectivity index (χ0) is 16.2. The number of thioether (sulfide) groups is 1. The van der Waals surface area contributed by atoms with E-state index >= 15 is 0 Å². The van der Waals surface area contributed by atoms with Gasteiger partial charge in [0.1, 0.15) is 11.5 Å². The SMILES string of the molecule is CCn1c(S[C@H]2CCCCC2=O)nnc1-c1ccc(OC)cc1. The minimum absolute atomic E-state index is 0.0296. The van der Waals surface area contributed by atoms with Crippen molar-refractivity contribution in [3.05, 3.63) is 24.3 Å². The van der Waals surface area contributed by atoms with Crippen LogP contribution in [0.2, 0.25) is 0 Å². The molecule has 0 bridgehead atoms. The summed E-state index contributed by atoms with van der Waals surface area (Å²) in [4.78, 5) is 12.1.